The van der Waals surface area contributed by atoms with Crippen molar-refractivity contribution in [3.8, 4) is 0 Å². The molecule has 0 aliphatic rings. The van der Waals surface area contributed by atoms with Crippen LogP contribution in [0.2, 0.25) is 0 Å². The number of hydrogen-bond acceptors (Lipinski definition) is 3. The molecule has 0 aliphatic heterocycles. The van der Waals surface area contributed by atoms with Crippen LogP contribution >= 0.6 is 11.3 Å². The first-order valence-electron chi connectivity index (χ1n) is 4.19. The van der Waals surface area contributed by atoms with E-state index in [0.717, 1.165) is 15.8 Å². The van der Waals surface area contributed by atoms with Crippen molar-refractivity contribution in [1.82, 2.24) is 4.98 Å². The predicted molar refractivity (Wildman–Crippen MR) is 57.5 cm³/mol. The molecule has 15 heavy (non-hydrogen) atoms. The first-order chi connectivity index (χ1) is 7.29. The SMILES string of the molecule is [N-]=[N+]=NC(=O)Cc1ccc2scnc2c1. The van der Waals surface area contributed by atoms with Gasteiger partial charge in [-0.2, -0.15) is 0 Å². The third kappa shape index (κ3) is 2.12. The summed E-state index contributed by atoms with van der Waals surface area (Å²) in [5, 5.41) is 3.01. The molecule has 0 N–H and O–H groups in total. The number of nitrogens with zero attached hydrogens (tertiary/aromatic N) is 4. The number of aromatic nitrogens is 1. The van der Waals surface area contributed by atoms with Crippen molar-refractivity contribution < 1.29 is 4.79 Å². The minimum Gasteiger partial charge on any atom is -0.292 e. The zero-order valence-corrected chi connectivity index (χ0v) is 8.44. The van der Waals surface area contributed by atoms with Gasteiger partial charge in [-0.1, -0.05) is 6.07 Å². The molecule has 2 aromatic rings. The number of fused-ring (bicyclic) bond motifs is 1. The van der Waals surface area contributed by atoms with Crippen molar-refractivity contribution in [1.29, 1.82) is 0 Å². The molecular weight excluding hydrogens is 212 g/mol. The fourth-order valence-corrected chi connectivity index (χ4v) is 1.93. The Bertz CT molecular complexity index is 556. The number of carbonyl (C=O) groups is 1. The van der Waals surface area contributed by atoms with Crippen LogP contribution in [-0.4, -0.2) is 10.9 Å². The summed E-state index contributed by atoms with van der Waals surface area (Å²) in [4.78, 5) is 17.6. The summed E-state index contributed by atoms with van der Waals surface area (Å²) >= 11 is 1.55. The van der Waals surface area contributed by atoms with Crippen LogP contribution in [0.4, 0.5) is 0 Å². The van der Waals surface area contributed by atoms with Crippen LogP contribution in [-0.2, 0) is 11.2 Å². The van der Waals surface area contributed by atoms with Crippen LogP contribution in [0.3, 0.4) is 0 Å². The maximum absolute atomic E-state index is 11.0. The van der Waals surface area contributed by atoms with Crippen molar-refractivity contribution in [3.63, 3.8) is 0 Å². The van der Waals surface area contributed by atoms with Crippen molar-refractivity contribution >= 4 is 27.5 Å². The van der Waals surface area contributed by atoms with E-state index in [0.29, 0.717) is 0 Å². The molecule has 1 heterocycles. The van der Waals surface area contributed by atoms with Gasteiger partial charge in [-0.05, 0) is 28.3 Å². The number of amides is 1. The Hall–Kier alpha value is -1.91. The van der Waals surface area contributed by atoms with Crippen molar-refractivity contribution in [2.75, 3.05) is 0 Å². The van der Waals surface area contributed by atoms with E-state index in [4.69, 9.17) is 5.53 Å². The number of carbonyl (C=O) groups excluding carboxylic acids is 1. The Morgan fingerprint density at radius 3 is 3.27 bits per heavy atom. The summed E-state index contributed by atoms with van der Waals surface area (Å²) in [6, 6.07) is 5.58. The zero-order valence-electron chi connectivity index (χ0n) is 7.62. The topological polar surface area (TPSA) is 78.7 Å². The van der Waals surface area contributed by atoms with Crippen LogP contribution in [0, 0.1) is 0 Å². The Balaban J connectivity index is 2.28. The summed E-state index contributed by atoms with van der Waals surface area (Å²) in [5.74, 6) is -0.480. The largest absolute Gasteiger partial charge is 0.292 e. The van der Waals surface area contributed by atoms with E-state index < -0.39 is 5.91 Å². The first-order valence-corrected chi connectivity index (χ1v) is 5.07. The van der Waals surface area contributed by atoms with E-state index in [-0.39, 0.29) is 6.42 Å². The molecular formula is C9H6N4OS. The van der Waals surface area contributed by atoms with Crippen LogP contribution in [0.25, 0.3) is 20.7 Å². The van der Waals surface area contributed by atoms with Gasteiger partial charge in [0.2, 0.25) is 5.91 Å². The average molecular weight is 218 g/mol. The molecule has 0 saturated heterocycles. The molecule has 0 unspecified atom stereocenters. The quantitative estimate of drug-likeness (QED) is 0.441. The zero-order chi connectivity index (χ0) is 10.7. The van der Waals surface area contributed by atoms with Gasteiger partial charge < -0.3 is 0 Å². The number of azide groups is 1. The van der Waals surface area contributed by atoms with E-state index in [1.54, 1.807) is 16.8 Å². The summed E-state index contributed by atoms with van der Waals surface area (Å²) in [6.45, 7) is 0. The molecule has 0 bridgehead atoms. The van der Waals surface area contributed by atoms with E-state index in [9.17, 15) is 4.79 Å². The first kappa shape index (κ1) is 9.64. The second-order valence-electron chi connectivity index (χ2n) is 2.91. The lowest BCUT2D eigenvalue weighted by Gasteiger charge is -1.96. The maximum Gasteiger partial charge on any atom is 0.223 e. The molecule has 1 aromatic carbocycles. The standard InChI is InChI=1S/C9H6N4OS/c10-13-12-9(14)4-6-1-2-8-7(3-6)11-5-15-8/h1-3,5H,4H2. The van der Waals surface area contributed by atoms with Gasteiger partial charge in [0, 0.05) is 11.3 Å². The highest BCUT2D eigenvalue weighted by molar-refractivity contribution is 7.16. The molecule has 1 amide bonds. The lowest BCUT2D eigenvalue weighted by Crippen LogP contribution is -1.96. The fourth-order valence-electron chi connectivity index (χ4n) is 1.27. The van der Waals surface area contributed by atoms with E-state index >= 15 is 0 Å². The minimum atomic E-state index is -0.480. The second kappa shape index (κ2) is 4.08. The van der Waals surface area contributed by atoms with Gasteiger partial charge in [0.05, 0.1) is 15.7 Å². The lowest BCUT2D eigenvalue weighted by molar-refractivity contribution is -0.117. The number of benzene rings is 1. The van der Waals surface area contributed by atoms with Crippen LogP contribution in [0.5, 0.6) is 0 Å². The summed E-state index contributed by atoms with van der Waals surface area (Å²) in [7, 11) is 0. The van der Waals surface area contributed by atoms with E-state index in [1.807, 2.05) is 18.2 Å². The number of hydrogen-bond donors (Lipinski definition) is 0. The molecule has 0 radical (unpaired) electrons. The third-order valence-electron chi connectivity index (χ3n) is 1.91. The van der Waals surface area contributed by atoms with Crippen LogP contribution in [0.1, 0.15) is 5.56 Å². The van der Waals surface area contributed by atoms with Gasteiger partial charge in [-0.3, -0.25) is 4.79 Å². The highest BCUT2D eigenvalue weighted by atomic mass is 32.1. The summed E-state index contributed by atoms with van der Waals surface area (Å²) in [6.07, 6.45) is 0.123. The normalized spacial score (nSPS) is 9.87. The molecule has 0 spiro atoms. The Kier molecular flexibility index (Phi) is 2.62. The Labute approximate surface area is 89.0 Å². The van der Waals surface area contributed by atoms with Gasteiger partial charge in [-0.15, -0.1) is 11.3 Å². The number of rotatable bonds is 2. The molecule has 0 aliphatic carbocycles. The molecule has 0 atom stereocenters. The summed E-state index contributed by atoms with van der Waals surface area (Å²) < 4.78 is 1.08. The average Bonchev–Trinajstić information content (AvgIpc) is 2.65. The van der Waals surface area contributed by atoms with Crippen LogP contribution in [0.15, 0.2) is 28.8 Å². The van der Waals surface area contributed by atoms with E-state index in [2.05, 4.69) is 15.0 Å². The Morgan fingerprint density at radius 2 is 2.47 bits per heavy atom. The molecule has 0 saturated carbocycles. The smallest absolute Gasteiger partial charge is 0.223 e. The van der Waals surface area contributed by atoms with Gasteiger partial charge >= 0.3 is 0 Å². The third-order valence-corrected chi connectivity index (χ3v) is 2.72. The molecule has 2 rings (SSSR count). The lowest BCUT2D eigenvalue weighted by atomic mass is 10.1. The predicted octanol–water partition coefficient (Wildman–Crippen LogP) is 2.68. The van der Waals surface area contributed by atoms with Crippen LogP contribution < -0.4 is 0 Å². The van der Waals surface area contributed by atoms with Crippen molar-refractivity contribution in [2.45, 2.75) is 6.42 Å². The maximum atomic E-state index is 11.0. The van der Waals surface area contributed by atoms with Gasteiger partial charge in [0.25, 0.3) is 0 Å². The minimum absolute atomic E-state index is 0.123. The molecule has 5 nitrogen and oxygen atoms in total. The van der Waals surface area contributed by atoms with Gasteiger partial charge in [0.1, 0.15) is 0 Å². The second-order valence-corrected chi connectivity index (χ2v) is 3.80. The van der Waals surface area contributed by atoms with E-state index in [1.165, 1.54) is 0 Å². The number of thiazole rings is 1. The highest BCUT2D eigenvalue weighted by Crippen LogP contribution is 2.19. The van der Waals surface area contributed by atoms with Crippen molar-refractivity contribution in [3.05, 3.63) is 39.7 Å². The van der Waals surface area contributed by atoms with Crippen molar-refractivity contribution in [2.24, 2.45) is 5.11 Å². The van der Waals surface area contributed by atoms with Gasteiger partial charge in [-0.25, -0.2) is 4.98 Å². The monoisotopic (exact) mass is 218 g/mol. The highest BCUT2D eigenvalue weighted by Gasteiger charge is 2.03. The molecule has 74 valence electrons. The summed E-state index contributed by atoms with van der Waals surface area (Å²) in [5.41, 5.74) is 11.5. The van der Waals surface area contributed by atoms with Gasteiger partial charge in [0.15, 0.2) is 0 Å². The Morgan fingerprint density at radius 1 is 1.60 bits per heavy atom. The molecule has 0 fully saturated rings. The molecule has 6 heteroatoms. The molecule has 1 aromatic heterocycles. The fraction of sp³-hybridized carbons (Fsp3) is 0.111.